The average Bonchev–Trinajstić information content (AvgIpc) is 2.05. The van der Waals surface area contributed by atoms with Crippen molar-refractivity contribution in [3.63, 3.8) is 0 Å². The van der Waals surface area contributed by atoms with Crippen LogP contribution in [0.2, 0.25) is 0 Å². The molecule has 1 atom stereocenters. The van der Waals surface area contributed by atoms with Gasteiger partial charge in [0.2, 0.25) is 0 Å². The predicted octanol–water partition coefficient (Wildman–Crippen LogP) is 1.12. The summed E-state index contributed by atoms with van der Waals surface area (Å²) in [5.41, 5.74) is 0. The Morgan fingerprint density at radius 3 is 2.50 bits per heavy atom. The number of rotatable bonds is 2. The number of hydrogen-bond acceptors (Lipinski definition) is 2. The van der Waals surface area contributed by atoms with E-state index in [1.165, 1.54) is 6.42 Å². The average molecular weight is 143 g/mol. The van der Waals surface area contributed by atoms with Crippen LogP contribution in [0.1, 0.15) is 20.3 Å². The van der Waals surface area contributed by atoms with Crippen molar-refractivity contribution < 1.29 is 4.74 Å². The molecule has 1 fully saturated rings. The third-order valence-corrected chi connectivity index (χ3v) is 2.26. The quantitative estimate of drug-likeness (QED) is 0.574. The van der Waals surface area contributed by atoms with Crippen LogP contribution < -0.4 is 0 Å². The Labute approximate surface area is 63.2 Å². The second kappa shape index (κ2) is 3.94. The molecule has 0 saturated carbocycles. The summed E-state index contributed by atoms with van der Waals surface area (Å²) in [6.45, 7) is 8.60. The molecule has 0 bridgehead atoms. The van der Waals surface area contributed by atoms with Crippen LogP contribution in [0.4, 0.5) is 0 Å². The van der Waals surface area contributed by atoms with Crippen LogP contribution >= 0.6 is 0 Å². The Morgan fingerprint density at radius 2 is 2.00 bits per heavy atom. The minimum absolute atomic E-state index is 0.740. The van der Waals surface area contributed by atoms with Crippen molar-refractivity contribution in [2.45, 2.75) is 26.3 Å². The van der Waals surface area contributed by atoms with E-state index in [9.17, 15) is 0 Å². The van der Waals surface area contributed by atoms with Gasteiger partial charge < -0.3 is 4.74 Å². The maximum absolute atomic E-state index is 5.25. The van der Waals surface area contributed by atoms with Gasteiger partial charge in [0, 0.05) is 19.1 Å². The van der Waals surface area contributed by atoms with Crippen molar-refractivity contribution in [3.05, 3.63) is 0 Å². The highest BCUT2D eigenvalue weighted by Crippen LogP contribution is 2.05. The molecule has 0 N–H and O–H groups in total. The zero-order chi connectivity index (χ0) is 7.40. The Hall–Kier alpha value is -0.0800. The molecule has 1 aliphatic rings. The molecule has 10 heavy (non-hydrogen) atoms. The van der Waals surface area contributed by atoms with Gasteiger partial charge >= 0.3 is 0 Å². The number of morpholine rings is 1. The number of hydrogen-bond donors (Lipinski definition) is 0. The molecule has 1 saturated heterocycles. The van der Waals surface area contributed by atoms with E-state index < -0.39 is 0 Å². The van der Waals surface area contributed by atoms with Gasteiger partial charge in [-0.05, 0) is 13.3 Å². The maximum atomic E-state index is 5.25. The smallest absolute Gasteiger partial charge is 0.0594 e. The zero-order valence-electron chi connectivity index (χ0n) is 6.97. The third-order valence-electron chi connectivity index (χ3n) is 2.26. The van der Waals surface area contributed by atoms with Crippen LogP contribution in [0.15, 0.2) is 0 Å². The van der Waals surface area contributed by atoms with Crippen LogP contribution in [-0.4, -0.2) is 37.2 Å². The molecule has 0 radical (unpaired) electrons. The SMILES string of the molecule is CCC(C)N1CCOCC1. The standard InChI is InChI=1S/C8H17NO/c1-3-8(2)9-4-6-10-7-5-9/h8H,3-7H2,1-2H3. The lowest BCUT2D eigenvalue weighted by Crippen LogP contribution is -2.41. The Balaban J connectivity index is 2.24. The molecule has 0 aliphatic carbocycles. The highest BCUT2D eigenvalue weighted by Gasteiger charge is 2.14. The van der Waals surface area contributed by atoms with Gasteiger partial charge in [0.05, 0.1) is 13.2 Å². The summed E-state index contributed by atoms with van der Waals surface area (Å²) in [5.74, 6) is 0. The van der Waals surface area contributed by atoms with Gasteiger partial charge in [-0.25, -0.2) is 0 Å². The van der Waals surface area contributed by atoms with Crippen LogP contribution in [0.3, 0.4) is 0 Å². The number of nitrogens with zero attached hydrogens (tertiary/aromatic N) is 1. The number of ether oxygens (including phenoxy) is 1. The highest BCUT2D eigenvalue weighted by molar-refractivity contribution is 4.67. The van der Waals surface area contributed by atoms with Crippen molar-refractivity contribution in [2.24, 2.45) is 0 Å². The van der Waals surface area contributed by atoms with E-state index in [1.54, 1.807) is 0 Å². The first-order valence-corrected chi connectivity index (χ1v) is 4.16. The molecular formula is C8H17NO. The first-order valence-electron chi connectivity index (χ1n) is 4.16. The van der Waals surface area contributed by atoms with Gasteiger partial charge in [0.1, 0.15) is 0 Å². The largest absolute Gasteiger partial charge is 0.379 e. The van der Waals surface area contributed by atoms with Crippen molar-refractivity contribution >= 4 is 0 Å². The van der Waals surface area contributed by atoms with Crippen LogP contribution in [0.25, 0.3) is 0 Å². The molecule has 0 aromatic carbocycles. The Bertz CT molecular complexity index is 89.3. The molecule has 1 rings (SSSR count). The molecule has 1 aliphatic heterocycles. The predicted molar refractivity (Wildman–Crippen MR) is 42.1 cm³/mol. The fraction of sp³-hybridized carbons (Fsp3) is 1.00. The summed E-state index contributed by atoms with van der Waals surface area (Å²) in [6, 6.07) is 0.740. The van der Waals surface area contributed by atoms with Gasteiger partial charge in [-0.1, -0.05) is 6.92 Å². The first-order chi connectivity index (χ1) is 4.84. The van der Waals surface area contributed by atoms with E-state index in [0.717, 1.165) is 32.3 Å². The van der Waals surface area contributed by atoms with Crippen molar-refractivity contribution in [2.75, 3.05) is 26.3 Å². The summed E-state index contributed by atoms with van der Waals surface area (Å²) in [6.07, 6.45) is 1.25. The monoisotopic (exact) mass is 143 g/mol. The summed E-state index contributed by atoms with van der Waals surface area (Å²) in [4.78, 5) is 2.49. The molecule has 2 nitrogen and oxygen atoms in total. The summed E-state index contributed by atoms with van der Waals surface area (Å²) in [5, 5.41) is 0. The highest BCUT2D eigenvalue weighted by atomic mass is 16.5. The molecule has 0 aromatic heterocycles. The van der Waals surface area contributed by atoms with Crippen LogP contribution in [0.5, 0.6) is 0 Å². The van der Waals surface area contributed by atoms with E-state index in [-0.39, 0.29) is 0 Å². The lowest BCUT2D eigenvalue weighted by molar-refractivity contribution is 0.0196. The van der Waals surface area contributed by atoms with Crippen molar-refractivity contribution in [1.82, 2.24) is 4.90 Å². The summed E-state index contributed by atoms with van der Waals surface area (Å²) in [7, 11) is 0. The summed E-state index contributed by atoms with van der Waals surface area (Å²) >= 11 is 0. The lowest BCUT2D eigenvalue weighted by Gasteiger charge is -2.31. The normalized spacial score (nSPS) is 24.6. The van der Waals surface area contributed by atoms with Gasteiger partial charge in [-0.3, -0.25) is 4.90 Å². The molecule has 0 spiro atoms. The first kappa shape index (κ1) is 8.02. The lowest BCUT2D eigenvalue weighted by atomic mass is 10.2. The Morgan fingerprint density at radius 1 is 1.40 bits per heavy atom. The molecule has 60 valence electrons. The van der Waals surface area contributed by atoms with E-state index in [1.807, 2.05) is 0 Å². The fourth-order valence-electron chi connectivity index (χ4n) is 1.28. The van der Waals surface area contributed by atoms with Crippen molar-refractivity contribution in [3.8, 4) is 0 Å². The minimum Gasteiger partial charge on any atom is -0.379 e. The van der Waals surface area contributed by atoms with Crippen LogP contribution in [-0.2, 0) is 4.74 Å². The van der Waals surface area contributed by atoms with Crippen LogP contribution in [0, 0.1) is 0 Å². The molecule has 1 unspecified atom stereocenters. The minimum atomic E-state index is 0.740. The van der Waals surface area contributed by atoms with Gasteiger partial charge in [0.15, 0.2) is 0 Å². The van der Waals surface area contributed by atoms with E-state index in [2.05, 4.69) is 18.7 Å². The Kier molecular flexibility index (Phi) is 3.16. The van der Waals surface area contributed by atoms with Gasteiger partial charge in [-0.2, -0.15) is 0 Å². The maximum Gasteiger partial charge on any atom is 0.0594 e. The fourth-order valence-corrected chi connectivity index (χ4v) is 1.28. The zero-order valence-corrected chi connectivity index (χ0v) is 6.97. The molecule has 1 heterocycles. The van der Waals surface area contributed by atoms with E-state index in [4.69, 9.17) is 4.74 Å². The van der Waals surface area contributed by atoms with E-state index in [0.29, 0.717) is 0 Å². The van der Waals surface area contributed by atoms with Gasteiger partial charge in [-0.15, -0.1) is 0 Å². The molecule has 0 aromatic rings. The second-order valence-corrected chi connectivity index (χ2v) is 2.91. The van der Waals surface area contributed by atoms with E-state index >= 15 is 0 Å². The second-order valence-electron chi connectivity index (χ2n) is 2.91. The summed E-state index contributed by atoms with van der Waals surface area (Å²) < 4.78 is 5.25. The molecule has 0 amide bonds. The third kappa shape index (κ3) is 1.96. The topological polar surface area (TPSA) is 12.5 Å². The molecular weight excluding hydrogens is 126 g/mol. The van der Waals surface area contributed by atoms with Crippen molar-refractivity contribution in [1.29, 1.82) is 0 Å². The van der Waals surface area contributed by atoms with Gasteiger partial charge in [0.25, 0.3) is 0 Å². The molecule has 2 heteroatoms.